The number of hydrogen-bond acceptors (Lipinski definition) is 1. The highest BCUT2D eigenvalue weighted by atomic mass is 15.1. The van der Waals surface area contributed by atoms with Crippen molar-refractivity contribution in [1.82, 2.24) is 18.7 Å². The molecule has 45 heavy (non-hydrogen) atoms. The van der Waals surface area contributed by atoms with E-state index in [1.54, 1.807) is 0 Å². The van der Waals surface area contributed by atoms with E-state index in [0.29, 0.717) is 0 Å². The molecule has 0 aliphatic rings. The zero-order chi connectivity index (χ0) is 29.5. The van der Waals surface area contributed by atoms with Crippen LogP contribution in [0.3, 0.4) is 0 Å². The van der Waals surface area contributed by atoms with Gasteiger partial charge in [-0.1, -0.05) is 91.0 Å². The van der Waals surface area contributed by atoms with Crippen molar-refractivity contribution >= 4 is 65.4 Å². The lowest BCUT2D eigenvalue weighted by molar-refractivity contribution is 1.12. The Morgan fingerprint density at radius 3 is 1.44 bits per heavy atom. The van der Waals surface area contributed by atoms with Crippen molar-refractivity contribution in [3.05, 3.63) is 158 Å². The molecule has 0 unspecified atom stereocenters. The largest absolute Gasteiger partial charge is 0.309 e. The van der Waals surface area contributed by atoms with Gasteiger partial charge in [-0.25, -0.2) is 0 Å². The van der Waals surface area contributed by atoms with Gasteiger partial charge in [-0.05, 0) is 54.6 Å². The van der Waals surface area contributed by atoms with Gasteiger partial charge in [0.25, 0.3) is 0 Å². The van der Waals surface area contributed by atoms with Crippen molar-refractivity contribution in [2.75, 3.05) is 0 Å². The summed E-state index contributed by atoms with van der Waals surface area (Å²) >= 11 is 0. The summed E-state index contributed by atoms with van der Waals surface area (Å²) in [5.41, 5.74) is 10.5. The maximum Gasteiger partial charge on any atom is 0.0788 e. The van der Waals surface area contributed by atoms with Gasteiger partial charge in [-0.3, -0.25) is 4.98 Å². The van der Waals surface area contributed by atoms with Crippen LogP contribution < -0.4 is 0 Å². The van der Waals surface area contributed by atoms with E-state index < -0.39 is 0 Å². The molecule has 4 aromatic heterocycles. The fourth-order valence-corrected chi connectivity index (χ4v) is 7.48. The fourth-order valence-electron chi connectivity index (χ4n) is 7.48. The Morgan fingerprint density at radius 1 is 0.333 bits per heavy atom. The molecule has 0 saturated carbocycles. The average molecular weight is 575 g/mol. The number of benzene rings is 6. The summed E-state index contributed by atoms with van der Waals surface area (Å²) in [6.45, 7) is 0. The molecule has 10 aromatic rings. The molecule has 0 amide bonds. The van der Waals surface area contributed by atoms with Crippen LogP contribution in [0, 0.1) is 0 Å². The average Bonchev–Trinajstić information content (AvgIpc) is 3.75. The molecule has 6 aromatic carbocycles. The molecule has 0 aliphatic heterocycles. The van der Waals surface area contributed by atoms with E-state index in [4.69, 9.17) is 0 Å². The lowest BCUT2D eigenvalue weighted by atomic mass is 10.1. The third kappa shape index (κ3) is 3.34. The van der Waals surface area contributed by atoms with Crippen LogP contribution in [-0.4, -0.2) is 18.7 Å². The van der Waals surface area contributed by atoms with E-state index in [2.05, 4.69) is 164 Å². The van der Waals surface area contributed by atoms with Gasteiger partial charge in [0.05, 0.1) is 33.1 Å². The number of hydrogen-bond donors (Lipinski definition) is 0. The smallest absolute Gasteiger partial charge is 0.0788 e. The third-order valence-corrected chi connectivity index (χ3v) is 9.30. The first-order valence-electron chi connectivity index (χ1n) is 15.3. The molecule has 210 valence electrons. The van der Waals surface area contributed by atoms with Gasteiger partial charge in [0.2, 0.25) is 0 Å². The molecular weight excluding hydrogens is 548 g/mol. The summed E-state index contributed by atoms with van der Waals surface area (Å²) in [6, 6.07) is 52.6. The monoisotopic (exact) mass is 574 g/mol. The molecule has 4 nitrogen and oxygen atoms in total. The third-order valence-electron chi connectivity index (χ3n) is 9.30. The Kier molecular flexibility index (Phi) is 4.96. The predicted molar refractivity (Wildman–Crippen MR) is 187 cm³/mol. The van der Waals surface area contributed by atoms with Gasteiger partial charge in [0.15, 0.2) is 0 Å². The van der Waals surface area contributed by atoms with Crippen LogP contribution >= 0.6 is 0 Å². The summed E-state index contributed by atoms with van der Waals surface area (Å²) in [6.07, 6.45) is 3.86. The molecule has 4 heterocycles. The second-order valence-electron chi connectivity index (χ2n) is 11.7. The predicted octanol–water partition coefficient (Wildman–Crippen LogP) is 10.4. The highest BCUT2D eigenvalue weighted by Gasteiger charge is 2.21. The van der Waals surface area contributed by atoms with Crippen LogP contribution in [0.5, 0.6) is 0 Å². The summed E-state index contributed by atoms with van der Waals surface area (Å²) < 4.78 is 7.26. The van der Waals surface area contributed by atoms with Crippen LogP contribution in [-0.2, 0) is 0 Å². The second-order valence-corrected chi connectivity index (χ2v) is 11.7. The molecule has 0 fully saturated rings. The number of para-hydroxylation sites is 4. The number of aromatic nitrogens is 4. The van der Waals surface area contributed by atoms with E-state index in [-0.39, 0.29) is 0 Å². The molecule has 0 N–H and O–H groups in total. The quantitative estimate of drug-likeness (QED) is 0.206. The zero-order valence-electron chi connectivity index (χ0n) is 24.3. The van der Waals surface area contributed by atoms with Gasteiger partial charge in [0, 0.05) is 61.8 Å². The summed E-state index contributed by atoms with van der Waals surface area (Å²) in [4.78, 5) is 4.46. The minimum absolute atomic E-state index is 1.12. The zero-order valence-corrected chi connectivity index (χ0v) is 24.3. The number of nitrogens with zero attached hydrogens (tertiary/aromatic N) is 4. The lowest BCUT2D eigenvalue weighted by Gasteiger charge is -2.14. The van der Waals surface area contributed by atoms with Gasteiger partial charge in [0.1, 0.15) is 0 Å². The minimum atomic E-state index is 1.12. The molecule has 10 rings (SSSR count). The molecule has 0 bridgehead atoms. The lowest BCUT2D eigenvalue weighted by Crippen LogP contribution is -2.00. The second kappa shape index (κ2) is 9.18. The first-order chi connectivity index (χ1) is 22.4. The molecule has 0 radical (unpaired) electrons. The standard InChI is InChI=1S/C41H26N4/c1-2-11-27(12-3-1)44-37-19-8-4-15-30(37)33-21-22-34-31-16-5-9-20-38(31)45(41(34)40(33)44)29-14-10-13-28(25-29)43-36-18-7-6-17-32(36)35-26-42-24-23-39(35)43/h1-26H. The van der Waals surface area contributed by atoms with Gasteiger partial charge < -0.3 is 13.7 Å². The fraction of sp³-hybridized carbons (Fsp3) is 0. The van der Waals surface area contributed by atoms with Crippen LogP contribution in [0.2, 0.25) is 0 Å². The molecule has 0 spiro atoms. The SMILES string of the molecule is c1ccc(-n2c3ccccc3c3ccc4c5ccccc5n(-c5cccc(-n6c7ccccc7c7cnccc76)c5)c4c32)cc1. The number of fused-ring (bicyclic) bond motifs is 10. The van der Waals surface area contributed by atoms with Crippen molar-refractivity contribution in [1.29, 1.82) is 0 Å². The van der Waals surface area contributed by atoms with Crippen LogP contribution in [0.4, 0.5) is 0 Å². The van der Waals surface area contributed by atoms with E-state index in [1.807, 2.05) is 12.4 Å². The maximum atomic E-state index is 4.46. The topological polar surface area (TPSA) is 27.7 Å². The van der Waals surface area contributed by atoms with Crippen molar-refractivity contribution in [3.8, 4) is 17.1 Å². The van der Waals surface area contributed by atoms with Crippen molar-refractivity contribution in [2.45, 2.75) is 0 Å². The van der Waals surface area contributed by atoms with Gasteiger partial charge in [-0.2, -0.15) is 0 Å². The summed E-state index contributed by atoms with van der Waals surface area (Å²) in [7, 11) is 0. The highest BCUT2D eigenvalue weighted by molar-refractivity contribution is 6.23. The first-order valence-corrected chi connectivity index (χ1v) is 15.3. The summed E-state index contributed by atoms with van der Waals surface area (Å²) in [5.74, 6) is 0. The first kappa shape index (κ1) is 24.3. The van der Waals surface area contributed by atoms with Crippen molar-refractivity contribution < 1.29 is 0 Å². The van der Waals surface area contributed by atoms with E-state index in [9.17, 15) is 0 Å². The number of rotatable bonds is 3. The Labute approximate surface area is 258 Å². The van der Waals surface area contributed by atoms with Gasteiger partial charge >= 0.3 is 0 Å². The Hall–Kier alpha value is -6.13. The van der Waals surface area contributed by atoms with Gasteiger partial charge in [-0.15, -0.1) is 0 Å². The van der Waals surface area contributed by atoms with Crippen LogP contribution in [0.1, 0.15) is 0 Å². The molecular formula is C41H26N4. The normalized spacial score (nSPS) is 12.0. The summed E-state index contributed by atoms with van der Waals surface area (Å²) in [5, 5.41) is 7.35. The van der Waals surface area contributed by atoms with Crippen molar-refractivity contribution in [2.24, 2.45) is 0 Å². The Bertz CT molecular complexity index is 2710. The van der Waals surface area contributed by atoms with Crippen molar-refractivity contribution in [3.63, 3.8) is 0 Å². The molecule has 4 heteroatoms. The van der Waals surface area contributed by atoms with E-state index in [0.717, 1.165) is 28.0 Å². The van der Waals surface area contributed by atoms with E-state index in [1.165, 1.54) is 54.5 Å². The van der Waals surface area contributed by atoms with E-state index >= 15 is 0 Å². The maximum absolute atomic E-state index is 4.46. The minimum Gasteiger partial charge on any atom is -0.309 e. The highest BCUT2D eigenvalue weighted by Crippen LogP contribution is 2.42. The Balaban J connectivity index is 1.36. The van der Waals surface area contributed by atoms with Crippen LogP contribution in [0.25, 0.3) is 82.5 Å². The molecule has 0 saturated heterocycles. The number of pyridine rings is 1. The Morgan fingerprint density at radius 2 is 0.800 bits per heavy atom. The van der Waals surface area contributed by atoms with Crippen LogP contribution in [0.15, 0.2) is 158 Å². The molecule has 0 aliphatic carbocycles. The molecule has 0 atom stereocenters.